The third-order valence-electron chi connectivity index (χ3n) is 16.9. The Morgan fingerprint density at radius 1 is 0.367 bits per heavy atom. The van der Waals surface area contributed by atoms with Crippen LogP contribution in [0.1, 0.15) is 29.5 Å². The zero-order chi connectivity index (χ0) is 60.7. The van der Waals surface area contributed by atoms with Gasteiger partial charge in [-0.3, -0.25) is 0 Å². The summed E-state index contributed by atoms with van der Waals surface area (Å²) >= 11 is 0. The van der Waals surface area contributed by atoms with Gasteiger partial charge in [0.05, 0.1) is 17.1 Å². The average Bonchev–Trinajstić information content (AvgIpc) is 2.66. The first kappa shape index (κ1) is 59.1. The molecular weight excluding hydrogens is 1120 g/mol. The van der Waals surface area contributed by atoms with Gasteiger partial charge in [0.25, 0.3) is 0 Å². The van der Waals surface area contributed by atoms with Gasteiger partial charge in [-0.25, -0.2) is 44.9 Å². The molecule has 3 aliphatic rings. The number of benzene rings is 3. The van der Waals surface area contributed by atoms with Crippen LogP contribution in [0.5, 0.6) is 0 Å². The van der Waals surface area contributed by atoms with Crippen LogP contribution < -0.4 is 21.3 Å². The second-order valence-corrected chi connectivity index (χ2v) is 23.1. The van der Waals surface area contributed by atoms with E-state index < -0.39 is 0 Å². The van der Waals surface area contributed by atoms with E-state index >= 15 is 0 Å². The lowest BCUT2D eigenvalue weighted by molar-refractivity contribution is 0.155. The van der Waals surface area contributed by atoms with Gasteiger partial charge in [-0.2, -0.15) is 0 Å². The van der Waals surface area contributed by atoms with Crippen molar-refractivity contribution in [3.05, 3.63) is 200 Å². The number of anilines is 6. The van der Waals surface area contributed by atoms with Crippen molar-refractivity contribution in [1.29, 1.82) is 0 Å². The van der Waals surface area contributed by atoms with Crippen LogP contribution in [0.15, 0.2) is 183 Å². The smallest absolute Gasteiger partial charge is 0.227 e. The highest BCUT2D eigenvalue weighted by Crippen LogP contribution is 2.30. The molecule has 456 valence electrons. The number of pyridine rings is 3. The van der Waals surface area contributed by atoms with Crippen LogP contribution in [-0.4, -0.2) is 172 Å². The summed E-state index contributed by atoms with van der Waals surface area (Å²) in [7, 11) is 2.19. The van der Waals surface area contributed by atoms with Crippen molar-refractivity contribution in [3.63, 3.8) is 0 Å². The summed E-state index contributed by atoms with van der Waals surface area (Å²) in [5.41, 5.74) is 15.3. The molecule has 0 saturated carbocycles. The van der Waals surface area contributed by atoms with Crippen LogP contribution in [0.3, 0.4) is 0 Å². The lowest BCUT2D eigenvalue weighted by Gasteiger charge is -2.32. The van der Waals surface area contributed by atoms with Gasteiger partial charge in [0.15, 0.2) is 0 Å². The van der Waals surface area contributed by atoms with Crippen LogP contribution in [-0.2, 0) is 19.3 Å². The first-order chi connectivity index (χ1) is 44.4. The van der Waals surface area contributed by atoms with Crippen molar-refractivity contribution in [2.75, 3.05) is 108 Å². The molecule has 3 fully saturated rings. The predicted molar refractivity (Wildman–Crippen MR) is 361 cm³/mol. The van der Waals surface area contributed by atoms with Crippen molar-refractivity contribution in [2.24, 2.45) is 0 Å². The number of likely N-dealkylation sites (N-methyl/N-ethyl adjacent to an activating group) is 1. The largest absolute Gasteiger partial charge is 0.345 e. The summed E-state index contributed by atoms with van der Waals surface area (Å²) in [6, 6.07) is 43.4. The number of nitrogens with one attached hydrogen (secondary N) is 7. The molecule has 20 nitrogen and oxygen atoms in total. The van der Waals surface area contributed by atoms with Crippen LogP contribution >= 0.6 is 0 Å². The number of aromatic amines is 3. The highest BCUT2D eigenvalue weighted by atomic mass is 15.2. The zero-order valence-electron chi connectivity index (χ0n) is 50.9. The Hall–Kier alpha value is -9.83. The minimum atomic E-state index is 0.583. The fraction of sp³-hybridized carbons (Fsp3) is 0.271. The molecule has 3 aliphatic heterocycles. The van der Waals surface area contributed by atoms with Gasteiger partial charge in [-0.1, -0.05) is 36.4 Å². The number of rotatable bonds is 18. The Morgan fingerprint density at radius 3 is 1.08 bits per heavy atom. The van der Waals surface area contributed by atoms with Crippen LogP contribution in [0.2, 0.25) is 0 Å². The van der Waals surface area contributed by atoms with Crippen LogP contribution in [0, 0.1) is 0 Å². The number of H-pyrrole nitrogens is 3. The van der Waals surface area contributed by atoms with Gasteiger partial charge >= 0.3 is 0 Å². The summed E-state index contributed by atoms with van der Waals surface area (Å²) < 4.78 is 0. The Morgan fingerprint density at radius 2 is 0.711 bits per heavy atom. The first-order valence-electron chi connectivity index (χ1n) is 31.4. The molecule has 12 aromatic rings. The molecule has 7 N–H and O–H groups in total. The number of hydrogen-bond donors (Lipinski definition) is 7. The van der Waals surface area contributed by atoms with Gasteiger partial charge < -0.3 is 55.8 Å². The Kier molecular flexibility index (Phi) is 19.1. The lowest BCUT2D eigenvalue weighted by atomic mass is 10.1. The maximum absolute atomic E-state index is 4.71. The predicted octanol–water partition coefficient (Wildman–Crippen LogP) is 11.2. The summed E-state index contributed by atoms with van der Waals surface area (Å²) in [5.74, 6) is 1.76. The van der Waals surface area contributed by atoms with Crippen molar-refractivity contribution in [2.45, 2.75) is 32.1 Å². The number of likely N-dealkylation sites (tertiary alicyclic amines) is 1. The standard InChI is InChI=1S/C24H27N7.C23H25N7.C23H24N6/c1-30-13-15-31(16-14-30)12-9-18-4-6-19(7-5-18)28-24-26-11-8-22(29-24)21-17-27-23-20(21)3-2-10-25-23;1-2-19-20(16-27-22(19)25-9-1)21-7-10-26-23(29-21)28-18-5-3-17(4-6-18)8-13-30-14-11-24-12-15-30;1-2-14-29(13-1)15-10-17-5-7-18(8-6-17)27-23-25-12-9-21(28-23)20-16-26-22-19(20)4-3-11-24-22/h2-8,10-11,17H,9,12-16H2,1H3,(H,25,27)(H,26,28,29);1-7,9-10,16,24H,8,11-15H2,(H,25,27)(H,26,28,29);3-9,11-12,16H,1-2,10,13-15H2,(H,24,26)(H,25,27,28). The summed E-state index contributed by atoms with van der Waals surface area (Å²) in [4.78, 5) is 59.9. The Bertz CT molecular complexity index is 4220. The van der Waals surface area contributed by atoms with Gasteiger partial charge in [-0.15, -0.1) is 0 Å². The van der Waals surface area contributed by atoms with E-state index in [1.807, 2.05) is 73.2 Å². The van der Waals surface area contributed by atoms with Crippen LogP contribution in [0.4, 0.5) is 34.9 Å². The molecule has 15 rings (SSSR count). The van der Waals surface area contributed by atoms with Crippen molar-refractivity contribution < 1.29 is 0 Å². The molecule has 0 radical (unpaired) electrons. The van der Waals surface area contributed by atoms with E-state index in [1.54, 1.807) is 37.2 Å². The first-order valence-corrected chi connectivity index (χ1v) is 31.4. The maximum Gasteiger partial charge on any atom is 0.227 e. The third kappa shape index (κ3) is 15.3. The Balaban J connectivity index is 0.000000124. The molecule has 0 bridgehead atoms. The molecule has 0 amide bonds. The van der Waals surface area contributed by atoms with E-state index in [2.05, 4.69) is 166 Å². The monoisotopic (exact) mass is 1200 g/mol. The normalized spacial score (nSPS) is 14.9. The van der Waals surface area contributed by atoms with E-state index in [-0.39, 0.29) is 0 Å². The molecule has 0 aliphatic carbocycles. The fourth-order valence-corrected chi connectivity index (χ4v) is 11.7. The molecule has 90 heavy (non-hydrogen) atoms. The van der Waals surface area contributed by atoms with Gasteiger partial charge in [-0.05, 0) is 160 Å². The maximum atomic E-state index is 4.71. The highest BCUT2D eigenvalue weighted by molar-refractivity contribution is 5.94. The van der Waals surface area contributed by atoms with Crippen molar-refractivity contribution in [3.8, 4) is 33.8 Å². The van der Waals surface area contributed by atoms with Crippen molar-refractivity contribution >= 4 is 68.0 Å². The average molecular weight is 1200 g/mol. The number of hydrogen-bond acceptors (Lipinski definition) is 17. The van der Waals surface area contributed by atoms with Gasteiger partial charge in [0, 0.05) is 178 Å². The van der Waals surface area contributed by atoms with Gasteiger partial charge in [0.1, 0.15) is 16.9 Å². The van der Waals surface area contributed by atoms with Crippen LogP contribution in [0.25, 0.3) is 66.9 Å². The highest BCUT2D eigenvalue weighted by Gasteiger charge is 2.17. The quantitative estimate of drug-likeness (QED) is 0.0424. The number of fused-ring (bicyclic) bond motifs is 3. The molecule has 12 heterocycles. The number of piperazine rings is 2. The van der Waals surface area contributed by atoms with Gasteiger partial charge in [0.2, 0.25) is 17.8 Å². The second-order valence-electron chi connectivity index (χ2n) is 23.1. The fourth-order valence-electron chi connectivity index (χ4n) is 11.7. The minimum Gasteiger partial charge on any atom is -0.345 e. The molecule has 3 aromatic carbocycles. The number of aromatic nitrogens is 12. The third-order valence-corrected chi connectivity index (χ3v) is 16.9. The van der Waals surface area contributed by atoms with E-state index in [9.17, 15) is 0 Å². The molecule has 9 aromatic heterocycles. The zero-order valence-corrected chi connectivity index (χ0v) is 50.9. The molecule has 3 saturated heterocycles. The number of nitrogens with zero attached hydrogens (tertiary/aromatic N) is 13. The topological polar surface area (TPSA) is 224 Å². The van der Waals surface area contributed by atoms with E-state index in [1.165, 1.54) is 42.6 Å². The summed E-state index contributed by atoms with van der Waals surface area (Å²) in [6.45, 7) is 15.0. The summed E-state index contributed by atoms with van der Waals surface area (Å²) in [5, 5.41) is 16.5. The molecule has 20 heteroatoms. The molecule has 0 unspecified atom stereocenters. The van der Waals surface area contributed by atoms with Crippen molar-refractivity contribution in [1.82, 2.24) is 84.7 Å². The molecule has 0 atom stereocenters. The second kappa shape index (κ2) is 29.0. The van der Waals surface area contributed by atoms with E-state index in [0.29, 0.717) is 17.8 Å². The van der Waals surface area contributed by atoms with E-state index in [0.717, 1.165) is 175 Å². The lowest BCUT2D eigenvalue weighted by Crippen LogP contribution is -2.45. The minimum absolute atomic E-state index is 0.583. The SMILES string of the molecule is CN1CCN(CCc2ccc(Nc3nccc(-c4c[nH]c5ncccc45)n3)cc2)CC1.c1cnc2[nH]cc(-c3ccnc(Nc4ccc(CCN5CCCC5)cc4)n3)c2c1.c1cnc2[nH]cc(-c3ccnc(Nc4ccc(CCN5CCNCC5)cc4)n3)c2c1. The summed E-state index contributed by atoms with van der Waals surface area (Å²) in [6.07, 6.45) is 22.4. The Labute approximate surface area is 524 Å². The van der Waals surface area contributed by atoms with E-state index in [4.69, 9.17) is 15.0 Å². The molecular formula is C70H76N20. The molecule has 0 spiro atoms.